The van der Waals surface area contributed by atoms with Crippen molar-refractivity contribution in [2.45, 2.75) is 32.4 Å². The number of morpholine rings is 1. The van der Waals surface area contributed by atoms with Crippen molar-refractivity contribution in [1.29, 1.82) is 0 Å². The Bertz CT molecular complexity index is 1080. The lowest BCUT2D eigenvalue weighted by atomic mass is 10.0. The molecule has 31 heavy (non-hydrogen) atoms. The average Bonchev–Trinajstić information content (AvgIpc) is 2.78. The van der Waals surface area contributed by atoms with Gasteiger partial charge in [-0.2, -0.15) is 0 Å². The number of aromatic nitrogens is 2. The number of para-hydroxylation sites is 1. The van der Waals surface area contributed by atoms with Gasteiger partial charge in [-0.1, -0.05) is 24.3 Å². The van der Waals surface area contributed by atoms with E-state index in [0.717, 1.165) is 16.6 Å². The summed E-state index contributed by atoms with van der Waals surface area (Å²) in [6.07, 6.45) is 1.55. The Labute approximate surface area is 181 Å². The lowest BCUT2D eigenvalue weighted by molar-refractivity contribution is -0.138. The van der Waals surface area contributed by atoms with Crippen LogP contribution in [0.2, 0.25) is 0 Å². The highest BCUT2D eigenvalue weighted by Gasteiger charge is 2.28. The van der Waals surface area contributed by atoms with Crippen molar-refractivity contribution in [3.63, 3.8) is 0 Å². The van der Waals surface area contributed by atoms with Gasteiger partial charge in [0.25, 0.3) is 5.91 Å². The molecule has 3 aromatic rings. The van der Waals surface area contributed by atoms with Crippen molar-refractivity contribution >= 4 is 22.7 Å². The van der Waals surface area contributed by atoms with Gasteiger partial charge in [0.15, 0.2) is 0 Å². The maximum atomic E-state index is 12.8. The normalized spacial score (nSPS) is 16.5. The van der Waals surface area contributed by atoms with Gasteiger partial charge in [0.2, 0.25) is 5.91 Å². The highest BCUT2D eigenvalue weighted by atomic mass is 16.5. The average molecular weight is 418 g/mol. The molecule has 1 aliphatic rings. The molecule has 7 nitrogen and oxygen atoms in total. The molecule has 2 aromatic heterocycles. The van der Waals surface area contributed by atoms with Gasteiger partial charge in [-0.15, -0.1) is 0 Å². The van der Waals surface area contributed by atoms with Gasteiger partial charge in [0.05, 0.1) is 36.3 Å². The zero-order valence-corrected chi connectivity index (χ0v) is 17.7. The van der Waals surface area contributed by atoms with Crippen LogP contribution in [-0.2, 0) is 16.0 Å². The maximum Gasteiger partial charge on any atom is 0.252 e. The van der Waals surface area contributed by atoms with Gasteiger partial charge in [0, 0.05) is 29.9 Å². The number of carbonyl (C=O) groups is 2. The van der Waals surface area contributed by atoms with Crippen LogP contribution >= 0.6 is 0 Å². The summed E-state index contributed by atoms with van der Waals surface area (Å²) in [6.45, 7) is 5.19. The highest BCUT2D eigenvalue weighted by Crippen LogP contribution is 2.26. The molecule has 1 fully saturated rings. The minimum atomic E-state index is -0.392. The number of pyridine rings is 2. The van der Waals surface area contributed by atoms with E-state index in [4.69, 9.17) is 9.72 Å². The molecule has 160 valence electrons. The number of rotatable bonds is 5. The molecule has 1 N–H and O–H groups in total. The fraction of sp³-hybridized carbons (Fsp3) is 0.333. The summed E-state index contributed by atoms with van der Waals surface area (Å²) in [5, 5.41) is 3.75. The minimum Gasteiger partial charge on any atom is -0.368 e. The Balaban J connectivity index is 1.59. The first-order valence-corrected chi connectivity index (χ1v) is 10.5. The van der Waals surface area contributed by atoms with E-state index in [-0.39, 0.29) is 24.3 Å². The van der Waals surface area contributed by atoms with Crippen LogP contribution in [-0.4, -0.2) is 52.4 Å². The molecule has 7 heteroatoms. The fourth-order valence-electron chi connectivity index (χ4n) is 3.71. The van der Waals surface area contributed by atoms with Crippen molar-refractivity contribution < 1.29 is 14.3 Å². The molecular weight excluding hydrogens is 392 g/mol. The quantitative estimate of drug-likeness (QED) is 0.689. The molecule has 0 unspecified atom stereocenters. The Hall–Kier alpha value is -3.32. The van der Waals surface area contributed by atoms with Gasteiger partial charge in [-0.3, -0.25) is 14.6 Å². The Kier molecular flexibility index (Phi) is 6.23. The van der Waals surface area contributed by atoms with Crippen molar-refractivity contribution in [3.8, 4) is 0 Å². The second kappa shape index (κ2) is 9.22. The van der Waals surface area contributed by atoms with Crippen LogP contribution in [0.15, 0.2) is 54.7 Å². The predicted molar refractivity (Wildman–Crippen MR) is 118 cm³/mol. The maximum absolute atomic E-state index is 12.8. The summed E-state index contributed by atoms with van der Waals surface area (Å²) >= 11 is 0. The van der Waals surface area contributed by atoms with Crippen LogP contribution in [0.4, 0.5) is 0 Å². The van der Waals surface area contributed by atoms with Crippen molar-refractivity contribution in [1.82, 2.24) is 20.2 Å². The van der Waals surface area contributed by atoms with Gasteiger partial charge < -0.3 is 15.0 Å². The Morgan fingerprint density at radius 1 is 1.19 bits per heavy atom. The molecule has 1 aromatic carbocycles. The molecule has 2 amide bonds. The van der Waals surface area contributed by atoms with Gasteiger partial charge >= 0.3 is 0 Å². The van der Waals surface area contributed by atoms with Crippen molar-refractivity contribution in [2.75, 3.05) is 19.7 Å². The number of hydrogen-bond acceptors (Lipinski definition) is 5. The lowest BCUT2D eigenvalue weighted by Crippen LogP contribution is -2.43. The summed E-state index contributed by atoms with van der Waals surface area (Å²) in [5.74, 6) is -0.140. The first-order chi connectivity index (χ1) is 15.0. The Morgan fingerprint density at radius 2 is 2.00 bits per heavy atom. The molecular formula is C24H26N4O3. The van der Waals surface area contributed by atoms with E-state index in [1.807, 2.05) is 56.3 Å². The SMILES string of the molecule is CC(C)NC(=O)c1cc([C@H]2CN(C(=O)Cc3ccccn3)CCO2)nc2ccccc12. The third-order valence-corrected chi connectivity index (χ3v) is 5.21. The first kappa shape index (κ1) is 20.9. The summed E-state index contributed by atoms with van der Waals surface area (Å²) in [5.41, 5.74) is 2.69. The third-order valence-electron chi connectivity index (χ3n) is 5.21. The van der Waals surface area contributed by atoms with Crippen LogP contribution in [0.1, 0.15) is 41.7 Å². The lowest BCUT2D eigenvalue weighted by Gasteiger charge is -2.33. The van der Waals surface area contributed by atoms with E-state index in [1.54, 1.807) is 17.2 Å². The van der Waals surface area contributed by atoms with Crippen LogP contribution in [0.25, 0.3) is 10.9 Å². The second-order valence-electron chi connectivity index (χ2n) is 7.94. The Morgan fingerprint density at radius 3 is 2.77 bits per heavy atom. The first-order valence-electron chi connectivity index (χ1n) is 10.5. The monoisotopic (exact) mass is 418 g/mol. The molecule has 1 atom stereocenters. The van der Waals surface area contributed by atoms with E-state index in [9.17, 15) is 9.59 Å². The summed E-state index contributed by atoms with van der Waals surface area (Å²) < 4.78 is 5.96. The summed E-state index contributed by atoms with van der Waals surface area (Å²) in [7, 11) is 0. The number of nitrogens with zero attached hydrogens (tertiary/aromatic N) is 3. The molecule has 4 rings (SSSR count). The highest BCUT2D eigenvalue weighted by molar-refractivity contribution is 6.06. The van der Waals surface area contributed by atoms with Crippen LogP contribution in [0.3, 0.4) is 0 Å². The molecule has 0 saturated carbocycles. The predicted octanol–water partition coefficient (Wildman–Crippen LogP) is 2.91. The number of hydrogen-bond donors (Lipinski definition) is 1. The zero-order valence-electron chi connectivity index (χ0n) is 17.7. The number of ether oxygens (including phenoxy) is 1. The van der Waals surface area contributed by atoms with E-state index in [2.05, 4.69) is 10.3 Å². The standard InChI is InChI=1S/C24H26N4O3/c1-16(2)26-24(30)19-14-21(27-20-9-4-3-8-18(19)20)22-15-28(11-12-31-22)23(29)13-17-7-5-6-10-25-17/h3-10,14,16,22H,11-13,15H2,1-2H3,(H,26,30)/t22-/m1/s1. The van der Waals surface area contributed by atoms with Crippen LogP contribution < -0.4 is 5.32 Å². The number of carbonyl (C=O) groups excluding carboxylic acids is 2. The third kappa shape index (κ3) is 4.88. The summed E-state index contributed by atoms with van der Waals surface area (Å²) in [4.78, 5) is 36.4. The molecule has 1 saturated heterocycles. The van der Waals surface area contributed by atoms with E-state index in [0.29, 0.717) is 31.0 Å². The second-order valence-corrected chi connectivity index (χ2v) is 7.94. The smallest absolute Gasteiger partial charge is 0.252 e. The van der Waals surface area contributed by atoms with E-state index < -0.39 is 6.10 Å². The molecule has 3 heterocycles. The molecule has 1 aliphatic heterocycles. The van der Waals surface area contributed by atoms with Crippen molar-refractivity contribution in [3.05, 3.63) is 71.7 Å². The zero-order chi connectivity index (χ0) is 21.8. The molecule has 0 aliphatic carbocycles. The van der Waals surface area contributed by atoms with Gasteiger partial charge in [-0.25, -0.2) is 4.98 Å². The minimum absolute atomic E-state index is 0.00515. The topological polar surface area (TPSA) is 84.4 Å². The van der Waals surface area contributed by atoms with Crippen LogP contribution in [0, 0.1) is 0 Å². The molecule has 0 radical (unpaired) electrons. The largest absolute Gasteiger partial charge is 0.368 e. The number of benzene rings is 1. The van der Waals surface area contributed by atoms with Gasteiger partial charge in [0.1, 0.15) is 6.10 Å². The molecule has 0 bridgehead atoms. The number of amides is 2. The van der Waals surface area contributed by atoms with Gasteiger partial charge in [-0.05, 0) is 38.1 Å². The fourth-order valence-corrected chi connectivity index (χ4v) is 3.71. The number of fused-ring (bicyclic) bond motifs is 1. The summed E-state index contributed by atoms with van der Waals surface area (Å²) in [6, 6.07) is 14.9. The molecule has 0 spiro atoms. The van der Waals surface area contributed by atoms with E-state index in [1.165, 1.54) is 0 Å². The number of nitrogens with one attached hydrogen (secondary N) is 1. The van der Waals surface area contributed by atoms with Crippen LogP contribution in [0.5, 0.6) is 0 Å². The van der Waals surface area contributed by atoms with E-state index >= 15 is 0 Å². The van der Waals surface area contributed by atoms with Crippen molar-refractivity contribution in [2.24, 2.45) is 0 Å².